The highest BCUT2D eigenvalue weighted by Gasteiger charge is 2.14. The van der Waals surface area contributed by atoms with Crippen LogP contribution in [0.25, 0.3) is 0 Å². The Morgan fingerprint density at radius 2 is 0.926 bits per heavy atom. The zero-order valence-electron chi connectivity index (χ0n) is 18.8. The zero-order valence-corrected chi connectivity index (χ0v) is 19.7. The Labute approximate surface area is 170 Å². The van der Waals surface area contributed by atoms with Gasteiger partial charge < -0.3 is 13.5 Å². The molecule has 0 amide bonds. The largest absolute Gasteiger partial charge is 0.748 e. The first-order chi connectivity index (χ1) is 12.5. The first-order valence-electron chi connectivity index (χ1n) is 11.0. The van der Waals surface area contributed by atoms with Crippen molar-refractivity contribution >= 4 is 10.1 Å². The lowest BCUT2D eigenvalue weighted by molar-refractivity contribution is -0.890. The third-order valence-electron chi connectivity index (χ3n) is 5.79. The smallest absolute Gasteiger partial charge is 0.0948 e. The van der Waals surface area contributed by atoms with Crippen molar-refractivity contribution in [2.24, 2.45) is 0 Å². The molecule has 0 bridgehead atoms. The Morgan fingerprint density at radius 3 is 1.30 bits per heavy atom. The second-order valence-electron chi connectivity index (χ2n) is 9.51. The second kappa shape index (κ2) is 13.9. The highest BCUT2D eigenvalue weighted by molar-refractivity contribution is 7.85. The monoisotopic (exact) mass is 407 g/mol. The van der Waals surface area contributed by atoms with E-state index in [1.165, 1.54) is 77.3 Å². The fourth-order valence-electron chi connectivity index (χ4n) is 3.43. The maximum absolute atomic E-state index is 10.7. The van der Waals surface area contributed by atoms with Crippen molar-refractivity contribution in [3.8, 4) is 0 Å². The molecule has 27 heavy (non-hydrogen) atoms. The third-order valence-corrected chi connectivity index (χ3v) is 6.58. The molecule has 164 valence electrons. The van der Waals surface area contributed by atoms with Gasteiger partial charge in [0.2, 0.25) is 0 Å². The van der Waals surface area contributed by atoms with E-state index in [-0.39, 0.29) is 5.75 Å². The fraction of sp³-hybridized carbons (Fsp3) is 1.00. The van der Waals surface area contributed by atoms with Crippen LogP contribution < -0.4 is 0 Å². The number of rotatable bonds is 18. The van der Waals surface area contributed by atoms with Crippen LogP contribution in [0.15, 0.2) is 0 Å². The summed E-state index contributed by atoms with van der Waals surface area (Å²) in [6, 6.07) is 0. The van der Waals surface area contributed by atoms with E-state index in [4.69, 9.17) is 0 Å². The summed E-state index contributed by atoms with van der Waals surface area (Å²) < 4.78 is 34.0. The van der Waals surface area contributed by atoms with Crippen LogP contribution in [0.3, 0.4) is 0 Å². The van der Waals surface area contributed by atoms with Crippen molar-refractivity contribution in [3.63, 3.8) is 0 Å². The molecule has 0 saturated heterocycles. The lowest BCUT2D eigenvalue weighted by Gasteiger charge is -2.30. The molecule has 0 aliphatic heterocycles. The van der Waals surface area contributed by atoms with E-state index in [0.29, 0.717) is 6.42 Å². The summed E-state index contributed by atoms with van der Waals surface area (Å²) in [6.45, 7) is 6.61. The first-order valence-corrected chi connectivity index (χ1v) is 12.6. The number of unbranched alkanes of at least 4 members (excludes halogenated alkanes) is 9. The molecule has 0 aliphatic rings. The van der Waals surface area contributed by atoms with Gasteiger partial charge in [0.05, 0.1) is 64.5 Å². The van der Waals surface area contributed by atoms with E-state index < -0.39 is 10.1 Å². The molecule has 0 saturated carbocycles. The van der Waals surface area contributed by atoms with Crippen molar-refractivity contribution < 1.29 is 21.9 Å². The minimum absolute atomic E-state index is 0.232. The van der Waals surface area contributed by atoms with Gasteiger partial charge in [-0.2, -0.15) is 0 Å². The Balaban J connectivity index is 3.44. The lowest BCUT2D eigenvalue weighted by atomic mass is 10.1. The van der Waals surface area contributed by atoms with Crippen molar-refractivity contribution in [2.75, 3.05) is 60.1 Å². The van der Waals surface area contributed by atoms with Gasteiger partial charge in [-0.1, -0.05) is 38.5 Å². The number of nitrogens with zero attached hydrogens (tertiary/aromatic N) is 2. The SMILES string of the molecule is CC[N+](C)(C)CCCCCCCCCCCC[N+](C)(C)CCCS(=O)(=O)[O-]. The lowest BCUT2D eigenvalue weighted by Crippen LogP contribution is -2.41. The van der Waals surface area contributed by atoms with Gasteiger partial charge in [-0.25, -0.2) is 8.42 Å². The van der Waals surface area contributed by atoms with Crippen LogP contribution >= 0.6 is 0 Å². The molecule has 0 unspecified atom stereocenters. The van der Waals surface area contributed by atoms with Crippen LogP contribution in [0, 0.1) is 0 Å². The van der Waals surface area contributed by atoms with E-state index >= 15 is 0 Å². The predicted octanol–water partition coefficient (Wildman–Crippen LogP) is 4.00. The van der Waals surface area contributed by atoms with Gasteiger partial charge in [-0.05, 0) is 32.6 Å². The topological polar surface area (TPSA) is 57.2 Å². The summed E-state index contributed by atoms with van der Waals surface area (Å²) in [6.07, 6.45) is 13.8. The van der Waals surface area contributed by atoms with Crippen LogP contribution in [0.2, 0.25) is 0 Å². The van der Waals surface area contributed by atoms with Crippen LogP contribution in [-0.2, 0) is 10.1 Å². The number of quaternary nitrogens is 2. The summed E-state index contributed by atoms with van der Waals surface area (Å²) in [7, 11) is 4.82. The second-order valence-corrected chi connectivity index (χ2v) is 11.0. The van der Waals surface area contributed by atoms with Gasteiger partial charge in [0.1, 0.15) is 0 Å². The van der Waals surface area contributed by atoms with E-state index in [0.717, 1.165) is 22.1 Å². The quantitative estimate of drug-likeness (QED) is 0.196. The molecule has 0 N–H and O–H groups in total. The maximum atomic E-state index is 10.7. The average molecular weight is 408 g/mol. The molecule has 0 aliphatic carbocycles. The van der Waals surface area contributed by atoms with Crippen LogP contribution in [0.5, 0.6) is 0 Å². The van der Waals surface area contributed by atoms with Crippen molar-refractivity contribution in [1.82, 2.24) is 0 Å². The highest BCUT2D eigenvalue weighted by Crippen LogP contribution is 2.13. The van der Waals surface area contributed by atoms with Gasteiger partial charge >= 0.3 is 0 Å². The third kappa shape index (κ3) is 18.9. The Morgan fingerprint density at radius 1 is 0.593 bits per heavy atom. The molecule has 0 aromatic carbocycles. The summed E-state index contributed by atoms with van der Waals surface area (Å²) in [5.74, 6) is -0.232. The Hall–Kier alpha value is -0.170. The van der Waals surface area contributed by atoms with E-state index in [1.807, 2.05) is 0 Å². The highest BCUT2D eigenvalue weighted by atomic mass is 32.2. The Kier molecular flexibility index (Phi) is 13.8. The molecule has 0 fully saturated rings. The maximum Gasteiger partial charge on any atom is 0.0948 e. The standard InChI is InChI=1S/C21H47N2O3S/c1-6-22(2,3)18-15-13-11-9-7-8-10-12-14-16-19-23(4,5)20-17-21-27(24,25)26/h6-21H2,1-5H3/q+1. The minimum atomic E-state index is -4.06. The van der Waals surface area contributed by atoms with E-state index in [2.05, 4.69) is 35.1 Å². The Bertz CT molecular complexity index is 462. The number of hydrogen-bond acceptors (Lipinski definition) is 3. The summed E-state index contributed by atoms with van der Waals surface area (Å²) >= 11 is 0. The van der Waals surface area contributed by atoms with Crippen LogP contribution in [-0.4, -0.2) is 82.1 Å². The summed E-state index contributed by atoms with van der Waals surface area (Å²) in [4.78, 5) is 0. The van der Waals surface area contributed by atoms with Crippen LogP contribution in [0.1, 0.15) is 77.6 Å². The minimum Gasteiger partial charge on any atom is -0.748 e. The molecule has 0 heterocycles. The predicted molar refractivity (Wildman–Crippen MR) is 115 cm³/mol. The zero-order chi connectivity index (χ0) is 20.8. The molecule has 0 rings (SSSR count). The molecule has 0 atom stereocenters. The van der Waals surface area contributed by atoms with Gasteiger partial charge in [-0.15, -0.1) is 0 Å². The van der Waals surface area contributed by atoms with E-state index in [1.54, 1.807) is 0 Å². The molecule has 0 radical (unpaired) electrons. The van der Waals surface area contributed by atoms with Crippen molar-refractivity contribution in [3.05, 3.63) is 0 Å². The van der Waals surface area contributed by atoms with Gasteiger partial charge in [0, 0.05) is 12.2 Å². The van der Waals surface area contributed by atoms with Crippen molar-refractivity contribution in [2.45, 2.75) is 77.6 Å². The van der Waals surface area contributed by atoms with Gasteiger partial charge in [0.15, 0.2) is 0 Å². The summed E-state index contributed by atoms with van der Waals surface area (Å²) in [5, 5.41) is 0. The molecule has 5 nitrogen and oxygen atoms in total. The summed E-state index contributed by atoms with van der Waals surface area (Å²) in [5.41, 5.74) is 0. The number of hydrogen-bond donors (Lipinski definition) is 0. The molecular formula is C21H47N2O3S+. The van der Waals surface area contributed by atoms with Crippen molar-refractivity contribution in [1.29, 1.82) is 0 Å². The first kappa shape index (κ1) is 26.8. The van der Waals surface area contributed by atoms with Gasteiger partial charge in [-0.3, -0.25) is 0 Å². The van der Waals surface area contributed by atoms with E-state index in [9.17, 15) is 13.0 Å². The van der Waals surface area contributed by atoms with Crippen LogP contribution in [0.4, 0.5) is 0 Å². The average Bonchev–Trinajstić information content (AvgIpc) is 2.54. The fourth-order valence-corrected chi connectivity index (χ4v) is 3.92. The molecule has 6 heteroatoms. The molecule has 0 aromatic rings. The normalized spacial score (nSPS) is 13.3. The molecular weight excluding hydrogens is 360 g/mol. The molecule has 0 spiro atoms. The van der Waals surface area contributed by atoms with Gasteiger partial charge in [0.25, 0.3) is 0 Å². The molecule has 0 aromatic heterocycles.